The quantitative estimate of drug-likeness (QED) is 0.432. The minimum atomic E-state index is 0.292. The molecule has 0 aromatic carbocycles. The van der Waals surface area contributed by atoms with E-state index in [4.69, 9.17) is 0 Å². The summed E-state index contributed by atoms with van der Waals surface area (Å²) in [4.78, 5) is 0. The van der Waals surface area contributed by atoms with Gasteiger partial charge in [0.05, 0.1) is 0 Å². The molecule has 0 heterocycles. The standard InChI is InChI=1S/C5H12S2/c1-2-3-4-5(6)7/h5-7H,2-4H2,1H3. The lowest BCUT2D eigenvalue weighted by Crippen LogP contribution is -1.83. The third-order valence-corrected chi connectivity index (χ3v) is 1.33. The lowest BCUT2D eigenvalue weighted by atomic mass is 10.3. The van der Waals surface area contributed by atoms with Crippen LogP contribution in [0.15, 0.2) is 0 Å². The Hall–Kier alpha value is 0.700. The van der Waals surface area contributed by atoms with Crippen LogP contribution in [0.3, 0.4) is 0 Å². The van der Waals surface area contributed by atoms with Gasteiger partial charge in [0, 0.05) is 4.58 Å². The molecular weight excluding hydrogens is 124 g/mol. The average Bonchev–Trinajstić information content (AvgIpc) is 1.61. The first-order valence-corrected chi connectivity index (χ1v) is 3.66. The van der Waals surface area contributed by atoms with Crippen molar-refractivity contribution in [2.75, 3.05) is 0 Å². The molecule has 7 heavy (non-hydrogen) atoms. The van der Waals surface area contributed by atoms with E-state index in [-0.39, 0.29) is 0 Å². The highest BCUT2D eigenvalue weighted by Gasteiger charge is 1.90. The largest absolute Gasteiger partial charge is 0.165 e. The number of hydrogen-bond acceptors (Lipinski definition) is 2. The van der Waals surface area contributed by atoms with E-state index < -0.39 is 0 Å². The van der Waals surface area contributed by atoms with Crippen LogP contribution in [0.5, 0.6) is 0 Å². The third kappa shape index (κ3) is 6.70. The molecular formula is C5H12S2. The summed E-state index contributed by atoms with van der Waals surface area (Å²) in [5, 5.41) is 0. The van der Waals surface area contributed by atoms with E-state index in [0.29, 0.717) is 4.58 Å². The summed E-state index contributed by atoms with van der Waals surface area (Å²) in [5.41, 5.74) is 0. The van der Waals surface area contributed by atoms with Gasteiger partial charge in [-0.05, 0) is 6.42 Å². The van der Waals surface area contributed by atoms with E-state index in [0.717, 1.165) is 6.42 Å². The molecule has 0 aromatic rings. The maximum absolute atomic E-state index is 4.10. The molecule has 0 nitrogen and oxygen atoms in total. The number of rotatable bonds is 3. The van der Waals surface area contributed by atoms with Crippen LogP contribution >= 0.6 is 25.3 Å². The van der Waals surface area contributed by atoms with Gasteiger partial charge in [0.15, 0.2) is 0 Å². The van der Waals surface area contributed by atoms with Crippen molar-refractivity contribution in [3.05, 3.63) is 0 Å². The topological polar surface area (TPSA) is 0 Å². The molecule has 0 saturated heterocycles. The van der Waals surface area contributed by atoms with Crippen LogP contribution < -0.4 is 0 Å². The molecule has 0 aromatic heterocycles. The Morgan fingerprint density at radius 2 is 2.00 bits per heavy atom. The first-order chi connectivity index (χ1) is 3.27. The maximum atomic E-state index is 4.10. The molecule has 44 valence electrons. The van der Waals surface area contributed by atoms with Gasteiger partial charge in [-0.15, -0.1) is 0 Å². The third-order valence-electron chi connectivity index (χ3n) is 0.816. The Morgan fingerprint density at radius 1 is 1.43 bits per heavy atom. The number of hydrogen-bond donors (Lipinski definition) is 2. The van der Waals surface area contributed by atoms with Gasteiger partial charge in [0.1, 0.15) is 0 Å². The second kappa shape index (κ2) is 4.85. The fraction of sp³-hybridized carbons (Fsp3) is 1.00. The van der Waals surface area contributed by atoms with Gasteiger partial charge in [0.25, 0.3) is 0 Å². The molecule has 0 N–H and O–H groups in total. The summed E-state index contributed by atoms with van der Waals surface area (Å²) >= 11 is 8.19. The van der Waals surface area contributed by atoms with Gasteiger partial charge in [-0.1, -0.05) is 19.8 Å². The predicted octanol–water partition coefficient (Wildman–Crippen LogP) is 2.36. The van der Waals surface area contributed by atoms with Crippen LogP contribution in [0, 0.1) is 0 Å². The van der Waals surface area contributed by atoms with E-state index >= 15 is 0 Å². The SMILES string of the molecule is CCCCC(S)S. The molecule has 0 saturated carbocycles. The Bertz CT molecular complexity index is 35.1. The van der Waals surface area contributed by atoms with Crippen molar-refractivity contribution in [2.24, 2.45) is 0 Å². The number of thiol groups is 2. The van der Waals surface area contributed by atoms with E-state index in [2.05, 4.69) is 32.2 Å². The molecule has 0 aliphatic heterocycles. The predicted molar refractivity (Wildman–Crippen MR) is 41.3 cm³/mol. The minimum absolute atomic E-state index is 0.292. The molecule has 0 unspecified atom stereocenters. The Kier molecular flexibility index (Phi) is 5.33. The molecule has 0 bridgehead atoms. The molecule has 0 spiro atoms. The van der Waals surface area contributed by atoms with Gasteiger partial charge in [-0.2, -0.15) is 25.3 Å². The molecule has 0 rings (SSSR count). The molecule has 0 radical (unpaired) electrons. The van der Waals surface area contributed by atoms with Crippen molar-refractivity contribution in [3.63, 3.8) is 0 Å². The fourth-order valence-electron chi connectivity index (χ4n) is 0.387. The zero-order chi connectivity index (χ0) is 5.70. The summed E-state index contributed by atoms with van der Waals surface area (Å²) in [7, 11) is 0. The summed E-state index contributed by atoms with van der Waals surface area (Å²) in [5.74, 6) is 0. The molecule has 2 heteroatoms. The molecule has 0 fully saturated rings. The van der Waals surface area contributed by atoms with Crippen molar-refractivity contribution >= 4 is 25.3 Å². The smallest absolute Gasteiger partial charge is 0.0442 e. The lowest BCUT2D eigenvalue weighted by Gasteiger charge is -1.97. The van der Waals surface area contributed by atoms with E-state index in [1.54, 1.807) is 0 Å². The van der Waals surface area contributed by atoms with Crippen LogP contribution in [0.25, 0.3) is 0 Å². The molecule has 0 amide bonds. The van der Waals surface area contributed by atoms with E-state index in [1.165, 1.54) is 12.8 Å². The zero-order valence-corrected chi connectivity index (χ0v) is 6.38. The summed E-state index contributed by atoms with van der Waals surface area (Å²) in [6, 6.07) is 0. The van der Waals surface area contributed by atoms with Crippen molar-refractivity contribution in [1.82, 2.24) is 0 Å². The first kappa shape index (κ1) is 7.70. The highest BCUT2D eigenvalue weighted by molar-refractivity contribution is 7.99. The van der Waals surface area contributed by atoms with Gasteiger partial charge in [-0.3, -0.25) is 0 Å². The Balaban J connectivity index is 2.68. The van der Waals surface area contributed by atoms with Crippen LogP contribution in [-0.2, 0) is 0 Å². The lowest BCUT2D eigenvalue weighted by molar-refractivity contribution is 0.766. The first-order valence-electron chi connectivity index (χ1n) is 2.63. The summed E-state index contributed by atoms with van der Waals surface area (Å²) in [6.45, 7) is 2.17. The van der Waals surface area contributed by atoms with Crippen LogP contribution in [0.1, 0.15) is 26.2 Å². The number of unbranched alkanes of at least 4 members (excludes halogenated alkanes) is 1. The highest BCUT2D eigenvalue weighted by atomic mass is 32.2. The van der Waals surface area contributed by atoms with Crippen molar-refractivity contribution < 1.29 is 0 Å². The summed E-state index contributed by atoms with van der Waals surface area (Å²) < 4.78 is 0.292. The van der Waals surface area contributed by atoms with Crippen molar-refractivity contribution in [2.45, 2.75) is 30.8 Å². The van der Waals surface area contributed by atoms with E-state index in [1.807, 2.05) is 0 Å². The second-order valence-corrected chi connectivity index (χ2v) is 3.28. The second-order valence-electron chi connectivity index (χ2n) is 1.62. The molecule has 0 aliphatic carbocycles. The molecule has 0 atom stereocenters. The normalized spacial score (nSPS) is 10.3. The van der Waals surface area contributed by atoms with Crippen molar-refractivity contribution in [1.29, 1.82) is 0 Å². The Labute approximate surface area is 56.5 Å². The van der Waals surface area contributed by atoms with Gasteiger partial charge < -0.3 is 0 Å². The van der Waals surface area contributed by atoms with Gasteiger partial charge >= 0.3 is 0 Å². The average molecular weight is 136 g/mol. The summed E-state index contributed by atoms with van der Waals surface area (Å²) in [6.07, 6.45) is 3.62. The van der Waals surface area contributed by atoms with Gasteiger partial charge in [-0.25, -0.2) is 0 Å². The molecule has 0 aliphatic rings. The Morgan fingerprint density at radius 3 is 2.14 bits per heavy atom. The fourth-order valence-corrected chi connectivity index (χ4v) is 0.752. The zero-order valence-electron chi connectivity index (χ0n) is 4.59. The van der Waals surface area contributed by atoms with Crippen LogP contribution in [0.2, 0.25) is 0 Å². The maximum Gasteiger partial charge on any atom is 0.0442 e. The van der Waals surface area contributed by atoms with E-state index in [9.17, 15) is 0 Å². The van der Waals surface area contributed by atoms with Crippen molar-refractivity contribution in [3.8, 4) is 0 Å². The van der Waals surface area contributed by atoms with Crippen LogP contribution in [-0.4, -0.2) is 4.58 Å². The highest BCUT2D eigenvalue weighted by Crippen LogP contribution is 2.08. The minimum Gasteiger partial charge on any atom is -0.165 e. The van der Waals surface area contributed by atoms with Gasteiger partial charge in [0.2, 0.25) is 0 Å². The monoisotopic (exact) mass is 136 g/mol. The van der Waals surface area contributed by atoms with Crippen LogP contribution in [0.4, 0.5) is 0 Å².